The summed E-state index contributed by atoms with van der Waals surface area (Å²) in [6.45, 7) is 2.21. The SMILES string of the molecule is CC1C[C@@H]1c1cnc2occ(CC(=O)O)c2c1. The van der Waals surface area contributed by atoms with Crippen molar-refractivity contribution in [1.82, 2.24) is 4.98 Å². The second kappa shape index (κ2) is 3.58. The van der Waals surface area contributed by atoms with Crippen LogP contribution in [0.4, 0.5) is 0 Å². The van der Waals surface area contributed by atoms with E-state index >= 15 is 0 Å². The number of nitrogens with zero attached hydrogens (tertiary/aromatic N) is 1. The van der Waals surface area contributed by atoms with Crippen LogP contribution in [-0.4, -0.2) is 16.1 Å². The summed E-state index contributed by atoms with van der Waals surface area (Å²) in [5, 5.41) is 9.65. The zero-order valence-electron chi connectivity index (χ0n) is 9.51. The van der Waals surface area contributed by atoms with Crippen molar-refractivity contribution in [2.45, 2.75) is 25.7 Å². The van der Waals surface area contributed by atoms with Gasteiger partial charge in [-0.05, 0) is 29.9 Å². The van der Waals surface area contributed by atoms with Gasteiger partial charge in [0.1, 0.15) is 0 Å². The van der Waals surface area contributed by atoms with Crippen molar-refractivity contribution >= 4 is 17.1 Å². The molecule has 2 aromatic heterocycles. The van der Waals surface area contributed by atoms with Gasteiger partial charge in [0, 0.05) is 17.1 Å². The average Bonchev–Trinajstić information content (AvgIpc) is 2.88. The quantitative estimate of drug-likeness (QED) is 0.881. The molecule has 3 rings (SSSR count). The maximum atomic E-state index is 10.7. The van der Waals surface area contributed by atoms with Crippen LogP contribution < -0.4 is 0 Å². The number of pyridine rings is 1. The molecule has 0 amide bonds. The first-order valence-electron chi connectivity index (χ1n) is 5.73. The van der Waals surface area contributed by atoms with Gasteiger partial charge in [0.25, 0.3) is 0 Å². The molecular formula is C13H13NO3. The van der Waals surface area contributed by atoms with E-state index in [1.165, 1.54) is 18.2 Å². The molecule has 0 aliphatic heterocycles. The Hall–Kier alpha value is -1.84. The fraction of sp³-hybridized carbons (Fsp3) is 0.385. The van der Waals surface area contributed by atoms with E-state index in [0.717, 1.165) is 5.39 Å². The molecule has 0 spiro atoms. The lowest BCUT2D eigenvalue weighted by Gasteiger charge is -1.98. The van der Waals surface area contributed by atoms with E-state index in [9.17, 15) is 4.79 Å². The van der Waals surface area contributed by atoms with Crippen molar-refractivity contribution < 1.29 is 14.3 Å². The van der Waals surface area contributed by atoms with Crippen molar-refractivity contribution in [2.75, 3.05) is 0 Å². The molecule has 2 aromatic rings. The van der Waals surface area contributed by atoms with Crippen LogP contribution in [0.15, 0.2) is 22.9 Å². The Morgan fingerprint density at radius 2 is 2.41 bits per heavy atom. The highest BCUT2D eigenvalue weighted by Crippen LogP contribution is 2.47. The standard InChI is InChI=1S/C13H13NO3/c1-7-2-10(7)8-3-11-9(4-12(15)16)6-17-13(11)14-5-8/h3,5-7,10H,2,4H2,1H3,(H,15,16)/t7?,10-/m0/s1. The lowest BCUT2D eigenvalue weighted by molar-refractivity contribution is -0.136. The summed E-state index contributed by atoms with van der Waals surface area (Å²) in [4.78, 5) is 15.0. The lowest BCUT2D eigenvalue weighted by atomic mass is 10.1. The van der Waals surface area contributed by atoms with Gasteiger partial charge in [-0.2, -0.15) is 0 Å². The van der Waals surface area contributed by atoms with Gasteiger partial charge in [0.05, 0.1) is 12.7 Å². The van der Waals surface area contributed by atoms with Gasteiger partial charge in [0.15, 0.2) is 0 Å². The molecule has 1 aliphatic rings. The molecule has 4 nitrogen and oxygen atoms in total. The topological polar surface area (TPSA) is 63.3 Å². The third-order valence-electron chi connectivity index (χ3n) is 3.41. The van der Waals surface area contributed by atoms with Crippen LogP contribution in [0.1, 0.15) is 30.4 Å². The molecular weight excluding hydrogens is 218 g/mol. The van der Waals surface area contributed by atoms with E-state index in [4.69, 9.17) is 9.52 Å². The van der Waals surface area contributed by atoms with Crippen molar-refractivity contribution in [3.05, 3.63) is 29.7 Å². The predicted molar refractivity (Wildman–Crippen MR) is 61.9 cm³/mol. The molecule has 2 atom stereocenters. The maximum Gasteiger partial charge on any atom is 0.307 e. The van der Waals surface area contributed by atoms with Crippen LogP contribution in [0.5, 0.6) is 0 Å². The van der Waals surface area contributed by atoms with Crippen LogP contribution in [0.2, 0.25) is 0 Å². The van der Waals surface area contributed by atoms with Crippen LogP contribution in [0, 0.1) is 5.92 Å². The first kappa shape index (κ1) is 10.3. The number of carbonyl (C=O) groups is 1. The second-order valence-corrected chi connectivity index (χ2v) is 4.77. The van der Waals surface area contributed by atoms with E-state index in [2.05, 4.69) is 11.9 Å². The van der Waals surface area contributed by atoms with E-state index in [1.807, 2.05) is 12.3 Å². The van der Waals surface area contributed by atoms with Gasteiger partial charge in [-0.25, -0.2) is 4.98 Å². The third kappa shape index (κ3) is 1.79. The Morgan fingerprint density at radius 3 is 3.06 bits per heavy atom. The van der Waals surface area contributed by atoms with E-state index in [-0.39, 0.29) is 6.42 Å². The van der Waals surface area contributed by atoms with Gasteiger partial charge in [-0.1, -0.05) is 6.92 Å². The maximum absolute atomic E-state index is 10.7. The van der Waals surface area contributed by atoms with Crippen LogP contribution >= 0.6 is 0 Å². The van der Waals surface area contributed by atoms with E-state index < -0.39 is 5.97 Å². The fourth-order valence-electron chi connectivity index (χ4n) is 2.27. The van der Waals surface area contributed by atoms with E-state index in [0.29, 0.717) is 23.1 Å². The summed E-state index contributed by atoms with van der Waals surface area (Å²) in [5.74, 6) is 0.446. The lowest BCUT2D eigenvalue weighted by Crippen LogP contribution is -1.99. The number of hydrogen-bond donors (Lipinski definition) is 1. The summed E-state index contributed by atoms with van der Waals surface area (Å²) >= 11 is 0. The molecule has 1 N–H and O–H groups in total. The molecule has 2 heterocycles. The monoisotopic (exact) mass is 231 g/mol. The Morgan fingerprint density at radius 1 is 1.65 bits per heavy atom. The molecule has 88 valence electrons. The molecule has 1 unspecified atom stereocenters. The number of rotatable bonds is 3. The number of carboxylic acid groups (broad SMARTS) is 1. The number of carboxylic acids is 1. The van der Waals surface area contributed by atoms with Gasteiger partial charge >= 0.3 is 5.97 Å². The minimum absolute atomic E-state index is 0.0155. The highest BCUT2D eigenvalue weighted by Gasteiger charge is 2.34. The Bertz CT molecular complexity index is 587. The smallest absolute Gasteiger partial charge is 0.307 e. The number of hydrogen-bond acceptors (Lipinski definition) is 3. The van der Waals surface area contributed by atoms with Gasteiger partial charge in [-0.3, -0.25) is 4.79 Å². The molecule has 17 heavy (non-hydrogen) atoms. The normalized spacial score (nSPS) is 22.9. The molecule has 0 bridgehead atoms. The highest BCUT2D eigenvalue weighted by molar-refractivity contribution is 5.83. The molecule has 0 aromatic carbocycles. The molecule has 4 heteroatoms. The Labute approximate surface area is 98.3 Å². The van der Waals surface area contributed by atoms with Crippen molar-refractivity contribution in [2.24, 2.45) is 5.92 Å². The molecule has 1 aliphatic carbocycles. The predicted octanol–water partition coefficient (Wildman–Crippen LogP) is 2.58. The average molecular weight is 231 g/mol. The number of fused-ring (bicyclic) bond motifs is 1. The summed E-state index contributed by atoms with van der Waals surface area (Å²) in [6, 6.07) is 2.03. The Balaban J connectivity index is 2.03. The molecule has 0 radical (unpaired) electrons. The van der Waals surface area contributed by atoms with Crippen molar-refractivity contribution in [1.29, 1.82) is 0 Å². The van der Waals surface area contributed by atoms with Gasteiger partial charge in [0.2, 0.25) is 5.71 Å². The number of aliphatic carboxylic acids is 1. The second-order valence-electron chi connectivity index (χ2n) is 4.77. The first-order chi connectivity index (χ1) is 8.15. The van der Waals surface area contributed by atoms with Crippen LogP contribution in [-0.2, 0) is 11.2 Å². The molecule has 1 fully saturated rings. The minimum atomic E-state index is -0.849. The van der Waals surface area contributed by atoms with Crippen molar-refractivity contribution in [3.8, 4) is 0 Å². The zero-order valence-corrected chi connectivity index (χ0v) is 9.51. The molecule has 0 saturated heterocycles. The summed E-state index contributed by atoms with van der Waals surface area (Å²) < 4.78 is 5.26. The summed E-state index contributed by atoms with van der Waals surface area (Å²) in [5.41, 5.74) is 2.42. The minimum Gasteiger partial charge on any atom is -0.481 e. The largest absolute Gasteiger partial charge is 0.481 e. The van der Waals surface area contributed by atoms with Crippen molar-refractivity contribution in [3.63, 3.8) is 0 Å². The highest BCUT2D eigenvalue weighted by atomic mass is 16.4. The van der Waals surface area contributed by atoms with Gasteiger partial charge in [-0.15, -0.1) is 0 Å². The van der Waals surface area contributed by atoms with Crippen LogP contribution in [0.25, 0.3) is 11.1 Å². The summed E-state index contributed by atoms with van der Waals surface area (Å²) in [6.07, 6.45) is 4.51. The number of aromatic nitrogens is 1. The number of furan rings is 1. The Kier molecular flexibility index (Phi) is 2.18. The summed E-state index contributed by atoms with van der Waals surface area (Å²) in [7, 11) is 0. The van der Waals surface area contributed by atoms with E-state index in [1.54, 1.807) is 0 Å². The van der Waals surface area contributed by atoms with Gasteiger partial charge < -0.3 is 9.52 Å². The zero-order chi connectivity index (χ0) is 12.0. The molecule has 1 saturated carbocycles. The van der Waals surface area contributed by atoms with Crippen LogP contribution in [0.3, 0.4) is 0 Å². The first-order valence-corrected chi connectivity index (χ1v) is 5.73. The third-order valence-corrected chi connectivity index (χ3v) is 3.41. The fourth-order valence-corrected chi connectivity index (χ4v) is 2.27.